The first kappa shape index (κ1) is 20.7. The van der Waals surface area contributed by atoms with Crippen LogP contribution in [0.3, 0.4) is 0 Å². The molecule has 0 radical (unpaired) electrons. The van der Waals surface area contributed by atoms with Gasteiger partial charge in [0.1, 0.15) is 29.6 Å². The van der Waals surface area contributed by atoms with Crippen molar-refractivity contribution in [3.05, 3.63) is 65.5 Å². The topological polar surface area (TPSA) is 119 Å². The lowest BCUT2D eigenvalue weighted by atomic mass is 9.90. The molecule has 170 valence electrons. The summed E-state index contributed by atoms with van der Waals surface area (Å²) in [5.41, 5.74) is 0.617. The lowest BCUT2D eigenvalue weighted by molar-refractivity contribution is 0.241. The monoisotopic (exact) mass is 450 g/mol. The molecule has 10 nitrogen and oxygen atoms in total. The third-order valence-electron chi connectivity index (χ3n) is 5.46. The molecular weight excluding hydrogens is 428 g/mol. The summed E-state index contributed by atoms with van der Waals surface area (Å²) in [5.74, 6) is 2.81. The molecule has 0 fully saturated rings. The molecule has 1 aromatic carbocycles. The van der Waals surface area contributed by atoms with Gasteiger partial charge in [-0.3, -0.25) is 15.2 Å². The normalized spacial score (nSPS) is 21.0. The van der Waals surface area contributed by atoms with Gasteiger partial charge < -0.3 is 23.8 Å². The van der Waals surface area contributed by atoms with E-state index in [4.69, 9.17) is 18.7 Å². The van der Waals surface area contributed by atoms with E-state index in [1.165, 1.54) is 7.11 Å². The van der Waals surface area contributed by atoms with E-state index < -0.39 is 0 Å². The van der Waals surface area contributed by atoms with Crippen LogP contribution in [0.15, 0.2) is 69.3 Å². The molecule has 5 rings (SSSR count). The zero-order chi connectivity index (χ0) is 22.9. The van der Waals surface area contributed by atoms with Gasteiger partial charge in [-0.05, 0) is 37.3 Å². The van der Waals surface area contributed by atoms with Crippen LogP contribution in [-0.2, 0) is 4.74 Å². The van der Waals surface area contributed by atoms with Crippen molar-refractivity contribution >= 4 is 23.8 Å². The van der Waals surface area contributed by atoms with Crippen molar-refractivity contribution in [3.63, 3.8) is 0 Å². The lowest BCUT2D eigenvalue weighted by Crippen LogP contribution is -2.40. The van der Waals surface area contributed by atoms with Crippen molar-refractivity contribution in [1.82, 2.24) is 5.16 Å². The molecule has 0 bridgehead atoms. The number of urea groups is 1. The van der Waals surface area contributed by atoms with Gasteiger partial charge in [-0.2, -0.15) is 0 Å². The average molecular weight is 450 g/mol. The molecule has 0 spiro atoms. The number of methoxy groups -OCH3 is 1. The Morgan fingerprint density at radius 2 is 2.18 bits per heavy atom. The second-order valence-corrected chi connectivity index (χ2v) is 7.66. The summed E-state index contributed by atoms with van der Waals surface area (Å²) in [6, 6.07) is 6.34. The van der Waals surface area contributed by atoms with Gasteiger partial charge in [0.25, 0.3) is 0 Å². The van der Waals surface area contributed by atoms with E-state index in [1.807, 2.05) is 0 Å². The van der Waals surface area contributed by atoms with Crippen LogP contribution in [-0.4, -0.2) is 48.8 Å². The highest BCUT2D eigenvalue weighted by Crippen LogP contribution is 2.38. The van der Waals surface area contributed by atoms with Crippen LogP contribution in [0.4, 0.5) is 16.3 Å². The number of ether oxygens (including phenoxy) is 3. The number of dihydropyridines is 1. The number of amides is 2. The first-order chi connectivity index (χ1) is 16.0. The summed E-state index contributed by atoms with van der Waals surface area (Å²) < 4.78 is 22.1. The van der Waals surface area contributed by atoms with Crippen molar-refractivity contribution in [2.24, 2.45) is 10.9 Å². The Hall–Kier alpha value is -4.21. The van der Waals surface area contributed by atoms with Crippen LogP contribution in [0.25, 0.3) is 0 Å². The van der Waals surface area contributed by atoms with Gasteiger partial charge in [-0.15, -0.1) is 0 Å². The van der Waals surface area contributed by atoms with Crippen molar-refractivity contribution in [3.8, 4) is 11.5 Å². The fraction of sp³-hybridized carbons (Fsp3) is 0.261. The number of carbonyl (C=O) groups excluding carboxylic acids is 1. The minimum absolute atomic E-state index is 0.0445. The Morgan fingerprint density at radius 1 is 1.30 bits per heavy atom. The van der Waals surface area contributed by atoms with Crippen LogP contribution in [0.5, 0.6) is 11.5 Å². The van der Waals surface area contributed by atoms with E-state index >= 15 is 0 Å². The third kappa shape index (κ3) is 4.02. The minimum atomic E-state index is -0.334. The largest absolute Gasteiger partial charge is 0.504 e. The van der Waals surface area contributed by atoms with Gasteiger partial charge in [0.15, 0.2) is 17.3 Å². The molecule has 2 aliphatic heterocycles. The number of allylic oxidation sites excluding steroid dienone is 1. The molecule has 1 aliphatic carbocycles. The first-order valence-corrected chi connectivity index (χ1v) is 10.4. The smallest absolute Gasteiger partial charge is 0.327 e. The highest BCUT2D eigenvalue weighted by molar-refractivity contribution is 6.02. The predicted molar refractivity (Wildman–Crippen MR) is 120 cm³/mol. The summed E-state index contributed by atoms with van der Waals surface area (Å²) in [4.78, 5) is 18.8. The maximum Gasteiger partial charge on any atom is 0.327 e. The van der Waals surface area contributed by atoms with Crippen LogP contribution in [0, 0.1) is 12.8 Å². The second-order valence-electron chi connectivity index (χ2n) is 7.66. The number of aliphatic hydroxyl groups excluding tert-OH is 1. The summed E-state index contributed by atoms with van der Waals surface area (Å²) in [6.07, 6.45) is 6.85. The highest BCUT2D eigenvalue weighted by atomic mass is 16.5. The maximum atomic E-state index is 12.8. The highest BCUT2D eigenvalue weighted by Gasteiger charge is 2.31. The van der Waals surface area contributed by atoms with E-state index in [0.717, 1.165) is 0 Å². The number of hydrogen-bond donors (Lipinski definition) is 2. The molecule has 2 atom stereocenters. The molecule has 2 amide bonds. The summed E-state index contributed by atoms with van der Waals surface area (Å²) in [7, 11) is 1.50. The van der Waals surface area contributed by atoms with Gasteiger partial charge in [-0.1, -0.05) is 5.16 Å². The molecule has 33 heavy (non-hydrogen) atoms. The Labute approximate surface area is 189 Å². The summed E-state index contributed by atoms with van der Waals surface area (Å²) in [6.45, 7) is 2.48. The summed E-state index contributed by atoms with van der Waals surface area (Å²) in [5, 5.41) is 16.7. The molecular formula is C23H22N4O6. The van der Waals surface area contributed by atoms with E-state index in [1.54, 1.807) is 60.5 Å². The van der Waals surface area contributed by atoms with Gasteiger partial charge >= 0.3 is 6.03 Å². The zero-order valence-corrected chi connectivity index (χ0v) is 18.0. The van der Waals surface area contributed by atoms with E-state index in [9.17, 15) is 9.90 Å². The van der Waals surface area contributed by atoms with Crippen LogP contribution >= 0.6 is 0 Å². The number of benzene rings is 1. The van der Waals surface area contributed by atoms with Crippen molar-refractivity contribution in [2.45, 2.75) is 13.0 Å². The number of aromatic nitrogens is 1. The fourth-order valence-corrected chi connectivity index (χ4v) is 3.90. The molecule has 3 aliphatic rings. The van der Waals surface area contributed by atoms with E-state index in [2.05, 4.69) is 15.5 Å². The van der Waals surface area contributed by atoms with E-state index in [-0.39, 0.29) is 23.8 Å². The number of nitrogens with zero attached hydrogens (tertiary/aromatic N) is 3. The third-order valence-corrected chi connectivity index (χ3v) is 5.46. The standard InChI is InChI=1S/C23H22N4O6/c1-13-9-22(26-33-13)25-23(29)27-7-8-31-20-10-14(3-4-17(20)27)32-19-5-6-24-16-12-21(30-2)18(28)11-15(16)19/h3-6,9-12,15-16,28H,7-8H2,1-2H3,(H,25,26,29). The number of hydrogen-bond acceptors (Lipinski definition) is 8. The molecule has 2 N–H and O–H groups in total. The molecule has 1 aromatic heterocycles. The maximum absolute atomic E-state index is 12.8. The summed E-state index contributed by atoms with van der Waals surface area (Å²) >= 11 is 0. The SMILES string of the molecule is COC1=CC2N=CC=C(Oc3ccc4c(c3)OCCN4C(=O)Nc3cc(C)on3)C2C=C1O. The molecule has 10 heteroatoms. The zero-order valence-electron chi connectivity index (χ0n) is 18.0. The molecule has 2 unspecified atom stereocenters. The lowest BCUT2D eigenvalue weighted by Gasteiger charge is -2.30. The number of aliphatic imine (C=N–C) groups is 1. The Bertz CT molecular complexity index is 1210. The number of anilines is 2. The molecule has 0 saturated heterocycles. The number of nitrogens with one attached hydrogen (secondary N) is 1. The fourth-order valence-electron chi connectivity index (χ4n) is 3.90. The number of aliphatic hydroxyl groups is 1. The number of rotatable bonds is 4. The Kier molecular flexibility index (Phi) is 5.25. The van der Waals surface area contributed by atoms with Crippen molar-refractivity contribution in [1.29, 1.82) is 0 Å². The van der Waals surface area contributed by atoms with Gasteiger partial charge in [-0.25, -0.2) is 4.79 Å². The number of aryl methyl sites for hydroxylation is 1. The van der Waals surface area contributed by atoms with Gasteiger partial charge in [0.2, 0.25) is 0 Å². The molecule has 0 saturated carbocycles. The predicted octanol–water partition coefficient (Wildman–Crippen LogP) is 3.73. The first-order valence-electron chi connectivity index (χ1n) is 10.4. The second kappa shape index (κ2) is 8.38. The van der Waals surface area contributed by atoms with Crippen molar-refractivity contribution < 1.29 is 28.6 Å². The quantitative estimate of drug-likeness (QED) is 0.728. The van der Waals surface area contributed by atoms with Crippen LogP contribution in [0.2, 0.25) is 0 Å². The van der Waals surface area contributed by atoms with Crippen molar-refractivity contribution in [2.75, 3.05) is 30.5 Å². The van der Waals surface area contributed by atoms with E-state index in [0.29, 0.717) is 53.4 Å². The minimum Gasteiger partial charge on any atom is -0.504 e. The van der Waals surface area contributed by atoms with Gasteiger partial charge in [0.05, 0.1) is 31.3 Å². The Morgan fingerprint density at radius 3 is 2.97 bits per heavy atom. The number of carbonyl (C=O) groups is 1. The average Bonchev–Trinajstić information content (AvgIpc) is 3.22. The van der Waals surface area contributed by atoms with Crippen LogP contribution in [0.1, 0.15) is 5.76 Å². The molecule has 3 heterocycles. The number of fused-ring (bicyclic) bond motifs is 2. The van der Waals surface area contributed by atoms with Gasteiger partial charge in [0, 0.05) is 18.3 Å². The van der Waals surface area contributed by atoms with Crippen LogP contribution < -0.4 is 19.7 Å². The molecule has 2 aromatic rings. The Balaban J connectivity index is 1.34.